The van der Waals surface area contributed by atoms with E-state index >= 15 is 0 Å². The van der Waals surface area contributed by atoms with Crippen LogP contribution in [0.5, 0.6) is 0 Å². The number of benzene rings is 8. The van der Waals surface area contributed by atoms with Crippen LogP contribution in [0, 0.1) is 0 Å². The highest BCUT2D eigenvalue weighted by Gasteiger charge is 2.36. The van der Waals surface area contributed by atoms with E-state index in [9.17, 15) is 0 Å². The molecule has 2 heterocycles. The quantitative estimate of drug-likeness (QED) is 0.179. The summed E-state index contributed by atoms with van der Waals surface area (Å²) in [7, 11) is 0. The second-order valence-electron chi connectivity index (χ2n) is 14.5. The molecule has 52 heavy (non-hydrogen) atoms. The maximum Gasteiger partial charge on any atom is 0.0720 e. The molecule has 2 nitrogen and oxygen atoms in total. The van der Waals surface area contributed by atoms with Gasteiger partial charge in [0.15, 0.2) is 0 Å². The lowest BCUT2D eigenvalue weighted by Gasteiger charge is -2.29. The van der Waals surface area contributed by atoms with Crippen LogP contribution in [0.2, 0.25) is 0 Å². The van der Waals surface area contributed by atoms with Gasteiger partial charge in [-0.15, -0.1) is 11.3 Å². The van der Waals surface area contributed by atoms with Crippen LogP contribution >= 0.6 is 11.3 Å². The average Bonchev–Trinajstić information content (AvgIpc) is 3.81. The molecule has 0 N–H and O–H groups in total. The lowest BCUT2D eigenvalue weighted by molar-refractivity contribution is 0.660. The van der Waals surface area contributed by atoms with E-state index in [4.69, 9.17) is 0 Å². The van der Waals surface area contributed by atoms with E-state index in [2.05, 4.69) is 193 Å². The average molecular weight is 683 g/mol. The summed E-state index contributed by atoms with van der Waals surface area (Å²) in [5.74, 6) is 0. The summed E-state index contributed by atoms with van der Waals surface area (Å²) in [6, 6.07) is 62.7. The highest BCUT2D eigenvalue weighted by atomic mass is 32.1. The summed E-state index contributed by atoms with van der Waals surface area (Å²) >= 11 is 1.90. The molecule has 1 aliphatic rings. The summed E-state index contributed by atoms with van der Waals surface area (Å²) in [4.78, 5) is 2.45. The monoisotopic (exact) mass is 682 g/mol. The van der Waals surface area contributed by atoms with Crippen LogP contribution in [-0.2, 0) is 5.41 Å². The molecule has 1 aliphatic carbocycles. The highest BCUT2D eigenvalue weighted by molar-refractivity contribution is 7.26. The molecule has 2 aromatic heterocycles. The van der Waals surface area contributed by atoms with Crippen molar-refractivity contribution >= 4 is 81.1 Å². The summed E-state index contributed by atoms with van der Waals surface area (Å²) in [5, 5.41) is 7.63. The van der Waals surface area contributed by atoms with Crippen LogP contribution in [0.25, 0.3) is 69.6 Å². The first-order valence-corrected chi connectivity index (χ1v) is 18.8. The lowest BCUT2D eigenvalue weighted by atomic mass is 9.82. The van der Waals surface area contributed by atoms with Crippen LogP contribution < -0.4 is 4.90 Å². The maximum absolute atomic E-state index is 2.52. The van der Waals surface area contributed by atoms with Gasteiger partial charge in [-0.2, -0.15) is 0 Å². The van der Waals surface area contributed by atoms with E-state index in [-0.39, 0.29) is 5.41 Å². The van der Waals surface area contributed by atoms with Crippen molar-refractivity contribution in [3.05, 3.63) is 181 Å². The minimum absolute atomic E-state index is 0.0926. The third-order valence-electron chi connectivity index (χ3n) is 11.4. The van der Waals surface area contributed by atoms with Crippen molar-refractivity contribution in [2.45, 2.75) is 19.3 Å². The molecule has 0 unspecified atom stereocenters. The Morgan fingerprint density at radius 3 is 2.02 bits per heavy atom. The Hall–Kier alpha value is -6.16. The number of anilines is 3. The number of fused-ring (bicyclic) bond motifs is 11. The zero-order valence-electron chi connectivity index (χ0n) is 29.0. The largest absolute Gasteiger partial charge is 0.310 e. The molecular weight excluding hydrogens is 649 g/mol. The normalized spacial score (nSPS) is 13.3. The fraction of sp³-hybridized carbons (Fsp3) is 0.0612. The predicted octanol–water partition coefficient (Wildman–Crippen LogP) is 14.1. The van der Waals surface area contributed by atoms with E-state index < -0.39 is 0 Å². The van der Waals surface area contributed by atoms with Gasteiger partial charge in [0.25, 0.3) is 0 Å². The Labute approximate surface area is 306 Å². The third-order valence-corrected chi connectivity index (χ3v) is 12.6. The SMILES string of the molecule is CC1(C)c2ccccc2-c2ccc(N(c3ccccc3)c3ccc(-n4c5ccccc5c5ccc6c7ccccc7sc6c54)c4ccccc34)cc21. The number of hydrogen-bond donors (Lipinski definition) is 0. The van der Waals surface area contributed by atoms with E-state index in [0.717, 1.165) is 17.1 Å². The van der Waals surface area contributed by atoms with Gasteiger partial charge in [0.2, 0.25) is 0 Å². The molecule has 3 heteroatoms. The van der Waals surface area contributed by atoms with Gasteiger partial charge in [0, 0.05) is 53.8 Å². The molecule has 0 saturated carbocycles. The van der Waals surface area contributed by atoms with E-state index in [1.807, 2.05) is 11.3 Å². The smallest absolute Gasteiger partial charge is 0.0720 e. The first-order valence-electron chi connectivity index (χ1n) is 18.0. The number of hydrogen-bond acceptors (Lipinski definition) is 2. The van der Waals surface area contributed by atoms with Crippen LogP contribution in [0.3, 0.4) is 0 Å². The van der Waals surface area contributed by atoms with Gasteiger partial charge < -0.3 is 9.47 Å². The van der Waals surface area contributed by atoms with Gasteiger partial charge in [-0.05, 0) is 70.8 Å². The lowest BCUT2D eigenvalue weighted by Crippen LogP contribution is -2.16. The Balaban J connectivity index is 1.18. The highest BCUT2D eigenvalue weighted by Crippen LogP contribution is 2.51. The molecule has 0 atom stereocenters. The van der Waals surface area contributed by atoms with Crippen molar-refractivity contribution in [1.82, 2.24) is 4.57 Å². The summed E-state index contributed by atoms with van der Waals surface area (Å²) in [5.41, 5.74) is 12.5. The molecule has 0 fully saturated rings. The predicted molar refractivity (Wildman–Crippen MR) is 223 cm³/mol. The van der Waals surface area contributed by atoms with Crippen molar-refractivity contribution in [2.24, 2.45) is 0 Å². The fourth-order valence-corrected chi connectivity index (χ4v) is 10.2. The van der Waals surface area contributed by atoms with E-state index in [1.54, 1.807) is 0 Å². The number of rotatable bonds is 4. The summed E-state index contributed by atoms with van der Waals surface area (Å²) in [6.45, 7) is 4.72. The Kier molecular flexibility index (Phi) is 6.21. The minimum atomic E-state index is -0.0926. The van der Waals surface area contributed by atoms with Gasteiger partial charge in [-0.1, -0.05) is 135 Å². The Morgan fingerprint density at radius 2 is 1.15 bits per heavy atom. The molecule has 0 radical (unpaired) electrons. The molecule has 0 spiro atoms. The minimum Gasteiger partial charge on any atom is -0.310 e. The van der Waals surface area contributed by atoms with Crippen molar-refractivity contribution in [1.29, 1.82) is 0 Å². The molecule has 0 saturated heterocycles. The molecule has 246 valence electrons. The number of aromatic nitrogens is 1. The van der Waals surface area contributed by atoms with Crippen LogP contribution in [-0.4, -0.2) is 4.57 Å². The van der Waals surface area contributed by atoms with Crippen LogP contribution in [0.1, 0.15) is 25.0 Å². The summed E-state index contributed by atoms with van der Waals surface area (Å²) < 4.78 is 5.17. The standard InChI is InChI=1S/C49H34N2S/c1-49(2)41-21-11-8-16-33(41)34-25-24-32(30-42(34)49)50(31-14-4-3-5-15-31)44-28-29-45(36-18-7-6-17-35(36)44)51-43-22-12-9-19-37(43)39-26-27-40-38-20-10-13-23-46(38)52-48(40)47(39)51/h3-30H,1-2H3. The van der Waals surface area contributed by atoms with Crippen molar-refractivity contribution in [3.8, 4) is 16.8 Å². The molecule has 10 aromatic rings. The first-order chi connectivity index (χ1) is 25.6. The van der Waals surface area contributed by atoms with E-state index in [1.165, 1.54) is 80.7 Å². The molecule has 0 bridgehead atoms. The van der Waals surface area contributed by atoms with Crippen LogP contribution in [0.15, 0.2) is 170 Å². The van der Waals surface area contributed by atoms with Crippen molar-refractivity contribution < 1.29 is 0 Å². The molecule has 0 amide bonds. The fourth-order valence-electron chi connectivity index (χ4n) is 8.97. The van der Waals surface area contributed by atoms with Crippen LogP contribution in [0.4, 0.5) is 17.1 Å². The molecule has 8 aromatic carbocycles. The first kappa shape index (κ1) is 29.6. The van der Waals surface area contributed by atoms with Gasteiger partial charge in [0.1, 0.15) is 0 Å². The number of nitrogens with zero attached hydrogens (tertiary/aromatic N) is 2. The van der Waals surface area contributed by atoms with Crippen molar-refractivity contribution in [3.63, 3.8) is 0 Å². The summed E-state index contributed by atoms with van der Waals surface area (Å²) in [6.07, 6.45) is 0. The molecule has 0 aliphatic heterocycles. The molecule has 11 rings (SSSR count). The Bertz CT molecular complexity index is 3050. The molecular formula is C49H34N2S. The third kappa shape index (κ3) is 4.06. The maximum atomic E-state index is 2.52. The topological polar surface area (TPSA) is 8.17 Å². The van der Waals surface area contributed by atoms with Gasteiger partial charge in [0.05, 0.1) is 27.1 Å². The zero-order chi connectivity index (χ0) is 34.6. The van der Waals surface area contributed by atoms with Gasteiger partial charge >= 0.3 is 0 Å². The van der Waals surface area contributed by atoms with Crippen molar-refractivity contribution in [2.75, 3.05) is 4.90 Å². The van der Waals surface area contributed by atoms with Gasteiger partial charge in [-0.3, -0.25) is 0 Å². The van der Waals surface area contributed by atoms with E-state index in [0.29, 0.717) is 0 Å². The zero-order valence-corrected chi connectivity index (χ0v) is 29.8. The second-order valence-corrected chi connectivity index (χ2v) is 15.6. The Morgan fingerprint density at radius 1 is 0.481 bits per heavy atom. The second kappa shape index (κ2) is 10.9. The van der Waals surface area contributed by atoms with Gasteiger partial charge in [-0.25, -0.2) is 0 Å². The number of para-hydroxylation sites is 2. The number of thiophene rings is 1.